The smallest absolute Gasteiger partial charge is 0.190 e. The molecule has 0 aromatic heterocycles. The third kappa shape index (κ3) is 3.06. The van der Waals surface area contributed by atoms with Crippen molar-refractivity contribution in [1.29, 1.82) is 0 Å². The number of nitrogens with zero attached hydrogens (tertiary/aromatic N) is 2. The Morgan fingerprint density at radius 2 is 2.30 bits per heavy atom. The van der Waals surface area contributed by atoms with Crippen LogP contribution < -0.4 is 5.73 Å². The molecule has 0 heterocycles. The molecule has 0 amide bonds. The summed E-state index contributed by atoms with van der Waals surface area (Å²) in [6, 6.07) is 0. The maximum atomic E-state index is 5.57. The van der Waals surface area contributed by atoms with Crippen LogP contribution in [0.15, 0.2) is 4.99 Å². The van der Waals surface area contributed by atoms with Gasteiger partial charge in [0.2, 0.25) is 0 Å². The van der Waals surface area contributed by atoms with E-state index in [2.05, 4.69) is 27.8 Å². The minimum atomic E-state index is 0.613. The predicted molar refractivity (Wildman–Crippen MR) is 48.6 cm³/mol. The van der Waals surface area contributed by atoms with E-state index >= 15 is 0 Å². The lowest BCUT2D eigenvalue weighted by Crippen LogP contribution is -2.38. The highest BCUT2D eigenvalue weighted by Crippen LogP contribution is 1.89. The maximum Gasteiger partial charge on any atom is 0.190 e. The summed E-state index contributed by atoms with van der Waals surface area (Å²) >= 11 is 3.34. The summed E-state index contributed by atoms with van der Waals surface area (Å²) in [6.07, 6.45) is 0. The zero-order valence-corrected chi connectivity index (χ0v) is 8.06. The molecule has 4 heteroatoms. The number of alkyl halides is 1. The van der Waals surface area contributed by atoms with Gasteiger partial charge in [0.15, 0.2) is 5.96 Å². The second-order valence-corrected chi connectivity index (χ2v) is 2.64. The Bertz CT molecular complexity index is 114. The Hall–Kier alpha value is -0.250. The zero-order valence-electron chi connectivity index (χ0n) is 6.47. The van der Waals surface area contributed by atoms with Crippen LogP contribution in [-0.4, -0.2) is 36.3 Å². The van der Waals surface area contributed by atoms with Crippen molar-refractivity contribution < 1.29 is 0 Å². The van der Waals surface area contributed by atoms with Gasteiger partial charge in [-0.1, -0.05) is 15.9 Å². The normalized spacial score (nSPS) is 11.7. The summed E-state index contributed by atoms with van der Waals surface area (Å²) < 4.78 is 0. The molecule has 0 rings (SSSR count). The van der Waals surface area contributed by atoms with Gasteiger partial charge in [0.05, 0.1) is 0 Å². The molecule has 60 valence electrons. The van der Waals surface area contributed by atoms with Gasteiger partial charge in [0.25, 0.3) is 0 Å². The summed E-state index contributed by atoms with van der Waals surface area (Å²) in [6.45, 7) is 3.88. The number of hydrogen-bond acceptors (Lipinski definition) is 1. The van der Waals surface area contributed by atoms with Crippen LogP contribution in [0.3, 0.4) is 0 Å². The number of guanidine groups is 1. The molecular weight excluding hydrogens is 194 g/mol. The van der Waals surface area contributed by atoms with Crippen molar-refractivity contribution in [3.8, 4) is 0 Å². The first kappa shape index (κ1) is 9.75. The van der Waals surface area contributed by atoms with Crippen molar-refractivity contribution in [2.45, 2.75) is 6.92 Å². The molecule has 0 aliphatic carbocycles. The maximum absolute atomic E-state index is 5.57. The number of halogens is 1. The molecule has 0 spiro atoms. The van der Waals surface area contributed by atoms with Gasteiger partial charge < -0.3 is 10.6 Å². The number of nitrogens with two attached hydrogens (primary N) is 1. The summed E-state index contributed by atoms with van der Waals surface area (Å²) in [5.74, 6) is 0.613. The summed E-state index contributed by atoms with van der Waals surface area (Å²) in [5.41, 5.74) is 5.57. The highest BCUT2D eigenvalue weighted by molar-refractivity contribution is 9.09. The number of aliphatic imine (C=N–C) groups is 1. The van der Waals surface area contributed by atoms with Crippen LogP contribution in [0.4, 0.5) is 0 Å². The van der Waals surface area contributed by atoms with Gasteiger partial charge in [-0.3, -0.25) is 4.99 Å². The molecule has 0 atom stereocenters. The SMILES string of the molecule is CCN(CCBr)C(N)=NC. The minimum Gasteiger partial charge on any atom is -0.370 e. The van der Waals surface area contributed by atoms with Crippen LogP contribution in [-0.2, 0) is 0 Å². The Balaban J connectivity index is 3.80. The van der Waals surface area contributed by atoms with E-state index in [1.165, 1.54) is 0 Å². The average molecular weight is 208 g/mol. The molecule has 0 fully saturated rings. The molecule has 2 N–H and O–H groups in total. The van der Waals surface area contributed by atoms with E-state index in [9.17, 15) is 0 Å². The van der Waals surface area contributed by atoms with Crippen LogP contribution in [0.5, 0.6) is 0 Å². The topological polar surface area (TPSA) is 41.6 Å². The van der Waals surface area contributed by atoms with Gasteiger partial charge in [-0.05, 0) is 6.92 Å². The lowest BCUT2D eigenvalue weighted by atomic mass is 10.5. The fraction of sp³-hybridized carbons (Fsp3) is 0.833. The molecule has 0 aromatic rings. The van der Waals surface area contributed by atoms with Gasteiger partial charge in [-0.15, -0.1) is 0 Å². The van der Waals surface area contributed by atoms with Crippen molar-refractivity contribution in [1.82, 2.24) is 4.90 Å². The third-order valence-corrected chi connectivity index (χ3v) is 1.64. The zero-order chi connectivity index (χ0) is 7.98. The van der Waals surface area contributed by atoms with Crippen molar-refractivity contribution in [2.75, 3.05) is 25.5 Å². The summed E-state index contributed by atoms with van der Waals surface area (Å²) in [5, 5.41) is 0.928. The molecule has 0 radical (unpaired) electrons. The standard InChI is InChI=1S/C6H14BrN3/c1-3-10(5-4-7)6(8)9-2/h3-5H2,1-2H3,(H2,8,9). The lowest BCUT2D eigenvalue weighted by molar-refractivity contribution is 0.464. The van der Waals surface area contributed by atoms with Gasteiger partial charge in [0, 0.05) is 25.5 Å². The highest BCUT2D eigenvalue weighted by Gasteiger charge is 2.01. The van der Waals surface area contributed by atoms with Crippen LogP contribution >= 0.6 is 15.9 Å². The van der Waals surface area contributed by atoms with Crippen molar-refractivity contribution >= 4 is 21.9 Å². The van der Waals surface area contributed by atoms with E-state index in [0.29, 0.717) is 5.96 Å². The molecule has 0 aliphatic heterocycles. The first-order valence-corrected chi connectivity index (χ1v) is 4.41. The molecule has 0 aromatic carbocycles. The largest absolute Gasteiger partial charge is 0.370 e. The van der Waals surface area contributed by atoms with E-state index in [4.69, 9.17) is 5.73 Å². The second-order valence-electron chi connectivity index (χ2n) is 1.85. The van der Waals surface area contributed by atoms with Crippen molar-refractivity contribution in [3.05, 3.63) is 0 Å². The number of rotatable bonds is 3. The van der Waals surface area contributed by atoms with E-state index in [0.717, 1.165) is 18.4 Å². The van der Waals surface area contributed by atoms with Gasteiger partial charge in [0.1, 0.15) is 0 Å². The fourth-order valence-corrected chi connectivity index (χ4v) is 1.11. The fourth-order valence-electron chi connectivity index (χ4n) is 0.678. The van der Waals surface area contributed by atoms with Crippen molar-refractivity contribution in [2.24, 2.45) is 10.7 Å². The van der Waals surface area contributed by atoms with Crippen LogP contribution in [0, 0.1) is 0 Å². The second kappa shape index (κ2) is 5.53. The number of hydrogen-bond donors (Lipinski definition) is 1. The Morgan fingerprint density at radius 3 is 2.60 bits per heavy atom. The predicted octanol–water partition coefficient (Wildman–Crippen LogP) is 0.648. The van der Waals surface area contributed by atoms with Gasteiger partial charge in [-0.2, -0.15) is 0 Å². The van der Waals surface area contributed by atoms with Gasteiger partial charge >= 0.3 is 0 Å². The van der Waals surface area contributed by atoms with Crippen molar-refractivity contribution in [3.63, 3.8) is 0 Å². The van der Waals surface area contributed by atoms with Gasteiger partial charge in [-0.25, -0.2) is 0 Å². The molecule has 10 heavy (non-hydrogen) atoms. The van der Waals surface area contributed by atoms with E-state index in [-0.39, 0.29) is 0 Å². The third-order valence-electron chi connectivity index (χ3n) is 1.29. The lowest BCUT2D eigenvalue weighted by Gasteiger charge is -2.19. The Labute approximate surface area is 70.4 Å². The Morgan fingerprint density at radius 1 is 1.70 bits per heavy atom. The minimum absolute atomic E-state index is 0.613. The molecular formula is C6H14BrN3. The van der Waals surface area contributed by atoms with Crippen LogP contribution in [0.2, 0.25) is 0 Å². The van der Waals surface area contributed by atoms with E-state index in [1.54, 1.807) is 7.05 Å². The quantitative estimate of drug-likeness (QED) is 0.420. The van der Waals surface area contributed by atoms with E-state index < -0.39 is 0 Å². The molecule has 0 bridgehead atoms. The summed E-state index contributed by atoms with van der Waals surface area (Å²) in [4.78, 5) is 5.89. The Kier molecular flexibility index (Phi) is 5.39. The molecule has 0 saturated carbocycles. The van der Waals surface area contributed by atoms with E-state index in [1.807, 2.05) is 4.90 Å². The highest BCUT2D eigenvalue weighted by atomic mass is 79.9. The monoisotopic (exact) mass is 207 g/mol. The molecule has 0 aliphatic rings. The summed E-state index contributed by atoms with van der Waals surface area (Å²) in [7, 11) is 1.70. The van der Waals surface area contributed by atoms with Crippen LogP contribution in [0.25, 0.3) is 0 Å². The first-order chi connectivity index (χ1) is 4.76. The molecule has 0 saturated heterocycles. The molecule has 3 nitrogen and oxygen atoms in total. The molecule has 0 unspecified atom stereocenters. The average Bonchev–Trinajstić information content (AvgIpc) is 1.99. The first-order valence-electron chi connectivity index (χ1n) is 3.29. The van der Waals surface area contributed by atoms with Crippen LogP contribution in [0.1, 0.15) is 6.92 Å².